The van der Waals surface area contributed by atoms with Crippen molar-refractivity contribution in [3.63, 3.8) is 0 Å². The van der Waals surface area contributed by atoms with E-state index in [2.05, 4.69) is 15.9 Å². The summed E-state index contributed by atoms with van der Waals surface area (Å²) in [4.78, 5) is 44.2. The van der Waals surface area contributed by atoms with Crippen molar-refractivity contribution in [2.75, 3.05) is 4.90 Å². The van der Waals surface area contributed by atoms with Crippen molar-refractivity contribution in [3.8, 4) is 11.3 Å². The van der Waals surface area contributed by atoms with E-state index in [-0.39, 0.29) is 57.4 Å². The molecule has 2 saturated carbocycles. The molecule has 2 aliphatic carbocycles. The van der Waals surface area contributed by atoms with Crippen LogP contribution in [0, 0.1) is 29.6 Å². The largest absolute Gasteiger partial charge is 0.460 e. The topological polar surface area (TPSA) is 72.5 Å². The molecule has 0 spiro atoms. The zero-order valence-corrected chi connectivity index (χ0v) is 28.2. The van der Waals surface area contributed by atoms with Gasteiger partial charge in [0.2, 0.25) is 11.8 Å². The molecule has 9 rings (SSSR count). The number of imide groups is 1. The minimum atomic E-state index is -0.386. The van der Waals surface area contributed by atoms with Crippen molar-refractivity contribution >= 4 is 68.1 Å². The monoisotopic (exact) mass is 728 g/mol. The number of thioether (sulfide) groups is 1. The summed E-state index contributed by atoms with van der Waals surface area (Å²) in [5, 5.41) is 1.59. The van der Waals surface area contributed by atoms with Gasteiger partial charge in [0.1, 0.15) is 11.5 Å². The summed E-state index contributed by atoms with van der Waals surface area (Å²) in [7, 11) is 0. The molecular weight excluding hydrogens is 704 g/mol. The summed E-state index contributed by atoms with van der Waals surface area (Å²) in [6.07, 6.45) is 0.818. The molecule has 0 N–H and O–H groups in total. The lowest BCUT2D eigenvalue weighted by molar-refractivity contribution is -0.123. The van der Waals surface area contributed by atoms with Crippen molar-refractivity contribution in [2.24, 2.45) is 29.6 Å². The van der Waals surface area contributed by atoms with E-state index in [4.69, 9.17) is 16.0 Å². The molecule has 0 radical (unpaired) electrons. The molecule has 6 nitrogen and oxygen atoms in total. The number of fused-ring (bicyclic) bond motifs is 9. The highest BCUT2D eigenvalue weighted by Crippen LogP contribution is 2.69. The van der Waals surface area contributed by atoms with E-state index in [1.165, 1.54) is 16.2 Å². The van der Waals surface area contributed by atoms with Gasteiger partial charge in [-0.15, -0.1) is 11.8 Å². The van der Waals surface area contributed by atoms with Crippen LogP contribution in [0.3, 0.4) is 0 Å². The molecule has 3 aromatic carbocycles. The maximum absolute atomic E-state index is 14.1. The SMILES string of the molecule is O=C1[C@@H]2[C@H]3C[C@@H]([C@@H]4Sc5c(sc(=O)n5Cc5ccccc5)[C@H](c5ccc(-c6ccc(Br)cc6)o5)[C@@H]34)[C@H]2C(=O)N1c1ccc(Cl)cc1. The van der Waals surface area contributed by atoms with E-state index >= 15 is 0 Å². The number of carbonyl (C=O) groups excluding carboxylic acids is 2. The van der Waals surface area contributed by atoms with E-state index in [9.17, 15) is 14.4 Å². The van der Waals surface area contributed by atoms with Gasteiger partial charge in [-0.05, 0) is 78.3 Å². The second-order valence-corrected chi connectivity index (χ2v) is 16.1. The van der Waals surface area contributed by atoms with Gasteiger partial charge >= 0.3 is 4.87 Å². The van der Waals surface area contributed by atoms with Crippen LogP contribution in [0.15, 0.2) is 110 Å². The van der Waals surface area contributed by atoms with E-state index in [0.717, 1.165) is 43.4 Å². The molecule has 230 valence electrons. The average molecular weight is 730 g/mol. The first-order valence-electron chi connectivity index (χ1n) is 15.3. The molecular formula is C36H26BrClN2O4S2. The third kappa shape index (κ3) is 4.31. The second kappa shape index (κ2) is 10.8. The number of thiazole rings is 1. The molecule has 46 heavy (non-hydrogen) atoms. The van der Waals surface area contributed by atoms with Crippen LogP contribution in [-0.2, 0) is 16.1 Å². The number of nitrogens with zero attached hydrogens (tertiary/aromatic N) is 2. The molecule has 4 heterocycles. The van der Waals surface area contributed by atoms with Gasteiger partial charge in [-0.1, -0.05) is 81.3 Å². The number of rotatable bonds is 5. The molecule has 3 fully saturated rings. The zero-order chi connectivity index (χ0) is 31.3. The number of furan rings is 1. The van der Waals surface area contributed by atoms with Gasteiger partial charge in [-0.25, -0.2) is 0 Å². The molecule has 2 amide bonds. The summed E-state index contributed by atoms with van der Waals surface area (Å²) < 4.78 is 9.53. The lowest BCUT2D eigenvalue weighted by atomic mass is 9.69. The van der Waals surface area contributed by atoms with E-state index < -0.39 is 0 Å². The molecule has 10 heteroatoms. The Hall–Kier alpha value is -3.37. The summed E-state index contributed by atoms with van der Waals surface area (Å²) in [5.41, 5.74) is 2.60. The number of hydrogen-bond donors (Lipinski definition) is 0. The lowest BCUT2D eigenvalue weighted by Gasteiger charge is -2.42. The van der Waals surface area contributed by atoms with E-state index in [0.29, 0.717) is 17.3 Å². The Kier molecular flexibility index (Phi) is 6.79. The van der Waals surface area contributed by atoms with Crippen LogP contribution in [0.2, 0.25) is 5.02 Å². The first kappa shape index (κ1) is 28.8. The van der Waals surface area contributed by atoms with Gasteiger partial charge in [-0.3, -0.25) is 23.9 Å². The Bertz CT molecular complexity index is 2070. The quantitative estimate of drug-likeness (QED) is 0.170. The Balaban J connectivity index is 1.15. The van der Waals surface area contributed by atoms with Crippen molar-refractivity contribution in [1.29, 1.82) is 0 Å². The van der Waals surface area contributed by atoms with Gasteiger partial charge in [0.15, 0.2) is 0 Å². The molecule has 2 aromatic heterocycles. The van der Waals surface area contributed by atoms with Gasteiger partial charge in [0, 0.05) is 20.3 Å². The third-order valence-corrected chi connectivity index (χ3v) is 13.9. The van der Waals surface area contributed by atoms with Gasteiger partial charge in [0.25, 0.3) is 0 Å². The van der Waals surface area contributed by atoms with Gasteiger partial charge in [-0.2, -0.15) is 0 Å². The zero-order valence-electron chi connectivity index (χ0n) is 24.2. The van der Waals surface area contributed by atoms with Crippen LogP contribution >= 0.6 is 50.6 Å². The smallest absolute Gasteiger partial charge is 0.308 e. The molecule has 5 aromatic rings. The predicted octanol–water partition coefficient (Wildman–Crippen LogP) is 8.31. The summed E-state index contributed by atoms with van der Waals surface area (Å²) in [6, 6.07) is 29.0. The number of benzene rings is 3. The first-order valence-corrected chi connectivity index (χ1v) is 18.2. The number of amides is 2. The highest BCUT2D eigenvalue weighted by molar-refractivity contribution is 9.10. The fraction of sp³-hybridized carbons (Fsp3) is 0.250. The first-order chi connectivity index (χ1) is 22.4. The van der Waals surface area contributed by atoms with Crippen molar-refractivity contribution in [3.05, 3.63) is 126 Å². The van der Waals surface area contributed by atoms with Crippen LogP contribution in [0.5, 0.6) is 0 Å². The highest BCUT2D eigenvalue weighted by atomic mass is 79.9. The normalized spacial score (nSPS) is 27.6. The van der Waals surface area contributed by atoms with Crippen molar-refractivity contribution < 1.29 is 14.0 Å². The fourth-order valence-electron chi connectivity index (χ4n) is 8.47. The summed E-state index contributed by atoms with van der Waals surface area (Å²) in [6.45, 7) is 0.479. The van der Waals surface area contributed by atoms with Crippen LogP contribution in [0.4, 0.5) is 5.69 Å². The third-order valence-electron chi connectivity index (χ3n) is 10.3. The van der Waals surface area contributed by atoms with Crippen LogP contribution in [0.25, 0.3) is 11.3 Å². The minimum Gasteiger partial charge on any atom is -0.460 e. The number of halogens is 2. The molecule has 4 aliphatic rings. The fourth-order valence-corrected chi connectivity index (χ4v) is 12.0. The van der Waals surface area contributed by atoms with Gasteiger partial charge < -0.3 is 4.42 Å². The maximum Gasteiger partial charge on any atom is 0.308 e. The Morgan fingerprint density at radius 3 is 2.30 bits per heavy atom. The molecule has 2 bridgehead atoms. The Morgan fingerprint density at radius 1 is 0.848 bits per heavy atom. The highest BCUT2D eigenvalue weighted by Gasteiger charge is 2.70. The Morgan fingerprint density at radius 2 is 1.57 bits per heavy atom. The van der Waals surface area contributed by atoms with Crippen molar-refractivity contribution in [1.82, 2.24) is 4.57 Å². The summed E-state index contributed by atoms with van der Waals surface area (Å²) in [5.74, 6) is 0.457. The maximum atomic E-state index is 14.1. The number of carbonyl (C=O) groups is 2. The standard InChI is InChI=1S/C36H26BrClN2O4S2/c37-20-8-6-19(7-9-20)25-14-15-26(44-25)30-27-23-16-24(29-28(23)33(41)40(34(29)42)22-12-10-21(38)11-13-22)31(27)45-35-32(30)46-36(43)39(35)17-18-4-2-1-3-5-18/h1-15,23-24,27-31H,16-17H2/t23-,24+,27+,28+,29+,30+,31-/m0/s1. The average Bonchev–Trinajstić information content (AvgIpc) is 3.87. The lowest BCUT2D eigenvalue weighted by Crippen LogP contribution is -2.43. The summed E-state index contributed by atoms with van der Waals surface area (Å²) >= 11 is 12.7. The molecule has 2 aliphatic heterocycles. The van der Waals surface area contributed by atoms with Crippen LogP contribution < -0.4 is 9.77 Å². The predicted molar refractivity (Wildman–Crippen MR) is 183 cm³/mol. The number of anilines is 1. The number of aromatic nitrogens is 1. The molecule has 0 unspecified atom stereocenters. The van der Waals surface area contributed by atoms with E-state index in [1.807, 2.05) is 71.3 Å². The molecule has 1 saturated heterocycles. The van der Waals surface area contributed by atoms with Crippen LogP contribution in [0.1, 0.15) is 28.5 Å². The van der Waals surface area contributed by atoms with Gasteiger partial charge in [0.05, 0.1) is 39.9 Å². The van der Waals surface area contributed by atoms with Crippen molar-refractivity contribution in [2.45, 2.75) is 29.2 Å². The Labute approximate surface area is 286 Å². The molecule has 7 atom stereocenters. The second-order valence-electron chi connectivity index (χ2n) is 12.6. The van der Waals surface area contributed by atoms with Crippen LogP contribution in [-0.4, -0.2) is 21.6 Å². The number of hydrogen-bond acceptors (Lipinski definition) is 6. The minimum absolute atomic E-state index is 0.000349. The van der Waals surface area contributed by atoms with E-state index in [1.54, 1.807) is 36.0 Å².